The summed E-state index contributed by atoms with van der Waals surface area (Å²) in [4.78, 5) is 40.5. The molecule has 1 saturated heterocycles. The Labute approximate surface area is 227 Å². The number of amides is 1. The molecule has 4 aromatic heterocycles. The molecular weight excluding hydrogens is 496 g/mol. The summed E-state index contributed by atoms with van der Waals surface area (Å²) in [5, 5.41) is 2.91. The van der Waals surface area contributed by atoms with Gasteiger partial charge in [0.1, 0.15) is 23.6 Å². The van der Waals surface area contributed by atoms with E-state index in [1.54, 1.807) is 23.7 Å². The minimum Gasteiger partial charge on any atom is -0.493 e. The van der Waals surface area contributed by atoms with Crippen molar-refractivity contribution < 1.29 is 14.3 Å². The quantitative estimate of drug-likeness (QED) is 0.357. The van der Waals surface area contributed by atoms with Gasteiger partial charge in [-0.1, -0.05) is 13.8 Å². The summed E-state index contributed by atoms with van der Waals surface area (Å²) in [5.41, 5.74) is 4.72. The van der Waals surface area contributed by atoms with Crippen LogP contribution in [0.3, 0.4) is 0 Å². The van der Waals surface area contributed by atoms with Crippen LogP contribution in [0, 0.1) is 6.92 Å². The molecule has 39 heavy (non-hydrogen) atoms. The minimum atomic E-state index is -0.324. The molecule has 0 spiro atoms. The largest absolute Gasteiger partial charge is 0.493 e. The van der Waals surface area contributed by atoms with Crippen LogP contribution in [0.5, 0.6) is 5.75 Å². The number of aromatic amines is 1. The highest BCUT2D eigenvalue weighted by atomic mass is 16.5. The van der Waals surface area contributed by atoms with Crippen LogP contribution >= 0.6 is 0 Å². The summed E-state index contributed by atoms with van der Waals surface area (Å²) in [6.45, 7) is 11.2. The van der Waals surface area contributed by atoms with Crippen molar-refractivity contribution in [3.63, 3.8) is 0 Å². The molecule has 0 unspecified atom stereocenters. The van der Waals surface area contributed by atoms with Gasteiger partial charge in [-0.15, -0.1) is 0 Å². The highest BCUT2D eigenvalue weighted by molar-refractivity contribution is 5.95. The Kier molecular flexibility index (Phi) is 7.65. The molecule has 1 amide bonds. The molecule has 204 valence electrons. The molecule has 5 rings (SSSR count). The molecule has 1 aliphatic heterocycles. The normalized spacial score (nSPS) is 13.7. The van der Waals surface area contributed by atoms with Crippen molar-refractivity contribution in [2.24, 2.45) is 0 Å². The molecule has 0 atom stereocenters. The number of H-pyrrole nitrogens is 1. The zero-order valence-corrected chi connectivity index (χ0v) is 22.8. The highest BCUT2D eigenvalue weighted by Gasteiger charge is 2.19. The number of carbonyl (C=O) groups excluding carboxylic acids is 1. The molecule has 0 saturated carbocycles. The molecular formula is C29H34N6O4. The predicted molar refractivity (Wildman–Crippen MR) is 150 cm³/mol. The maximum absolute atomic E-state index is 13.6. The molecule has 5 heterocycles. The Morgan fingerprint density at radius 3 is 2.64 bits per heavy atom. The Morgan fingerprint density at radius 1 is 1.15 bits per heavy atom. The summed E-state index contributed by atoms with van der Waals surface area (Å²) in [6.07, 6.45) is 3.51. The number of fused-ring (bicyclic) bond motifs is 1. The summed E-state index contributed by atoms with van der Waals surface area (Å²) in [5.74, 6) is 1.22. The van der Waals surface area contributed by atoms with E-state index in [-0.39, 0.29) is 23.9 Å². The predicted octanol–water partition coefficient (Wildman–Crippen LogP) is 3.68. The maximum Gasteiger partial charge on any atom is 0.268 e. The van der Waals surface area contributed by atoms with Crippen molar-refractivity contribution in [2.45, 2.75) is 40.2 Å². The van der Waals surface area contributed by atoms with Crippen molar-refractivity contribution in [1.29, 1.82) is 0 Å². The average Bonchev–Trinajstić information content (AvgIpc) is 3.37. The van der Waals surface area contributed by atoms with Crippen LogP contribution in [0.4, 0.5) is 5.82 Å². The van der Waals surface area contributed by atoms with Crippen molar-refractivity contribution in [2.75, 3.05) is 37.8 Å². The summed E-state index contributed by atoms with van der Waals surface area (Å²) >= 11 is 0. The van der Waals surface area contributed by atoms with E-state index in [9.17, 15) is 9.59 Å². The minimum absolute atomic E-state index is 0.0248. The third-order valence-electron chi connectivity index (χ3n) is 6.83. The maximum atomic E-state index is 13.6. The van der Waals surface area contributed by atoms with Crippen molar-refractivity contribution >= 4 is 17.2 Å². The van der Waals surface area contributed by atoms with E-state index in [1.165, 1.54) is 0 Å². The zero-order chi connectivity index (χ0) is 27.5. The van der Waals surface area contributed by atoms with Crippen LogP contribution in [0.25, 0.3) is 16.6 Å². The van der Waals surface area contributed by atoms with Crippen LogP contribution in [-0.4, -0.2) is 58.2 Å². The third-order valence-corrected chi connectivity index (χ3v) is 6.83. The Bertz CT molecular complexity index is 1530. The molecule has 0 radical (unpaired) electrons. The van der Waals surface area contributed by atoms with E-state index in [1.807, 2.05) is 37.4 Å². The van der Waals surface area contributed by atoms with E-state index in [2.05, 4.69) is 34.0 Å². The second kappa shape index (κ2) is 11.3. The van der Waals surface area contributed by atoms with E-state index >= 15 is 0 Å². The Hall–Kier alpha value is -4.18. The molecule has 0 aliphatic carbocycles. The number of imidazole rings is 1. The van der Waals surface area contributed by atoms with Crippen LogP contribution in [0.15, 0.2) is 47.7 Å². The lowest BCUT2D eigenvalue weighted by Gasteiger charge is -2.27. The molecule has 10 nitrogen and oxygen atoms in total. The van der Waals surface area contributed by atoms with Gasteiger partial charge in [-0.2, -0.15) is 0 Å². The monoisotopic (exact) mass is 530 g/mol. The molecule has 2 N–H and O–H groups in total. The van der Waals surface area contributed by atoms with E-state index < -0.39 is 0 Å². The molecule has 4 aromatic rings. The molecule has 1 fully saturated rings. The van der Waals surface area contributed by atoms with Crippen LogP contribution in [-0.2, 0) is 11.3 Å². The van der Waals surface area contributed by atoms with Gasteiger partial charge in [-0.3, -0.25) is 14.0 Å². The number of pyridine rings is 3. The van der Waals surface area contributed by atoms with Crippen molar-refractivity contribution in [1.82, 2.24) is 24.7 Å². The zero-order valence-electron chi connectivity index (χ0n) is 22.8. The molecule has 0 bridgehead atoms. The van der Waals surface area contributed by atoms with Gasteiger partial charge in [0.25, 0.3) is 11.5 Å². The lowest BCUT2D eigenvalue weighted by atomic mass is 10.0. The SMILES string of the molecule is CCOc1cc(C)[nH]c(=O)c1CNC(=O)c1cc(-c2ccc(N3CCOCC3)nc2)cc2c(C(C)C)ncn12. The second-order valence-electron chi connectivity index (χ2n) is 9.91. The van der Waals surface area contributed by atoms with E-state index in [4.69, 9.17) is 14.5 Å². The summed E-state index contributed by atoms with van der Waals surface area (Å²) < 4.78 is 12.9. The first-order valence-electron chi connectivity index (χ1n) is 13.3. The van der Waals surface area contributed by atoms with Gasteiger partial charge in [-0.25, -0.2) is 9.97 Å². The van der Waals surface area contributed by atoms with Crippen LogP contribution < -0.4 is 20.5 Å². The number of rotatable bonds is 8. The van der Waals surface area contributed by atoms with Crippen molar-refractivity contribution in [3.05, 3.63) is 75.9 Å². The van der Waals surface area contributed by atoms with Gasteiger partial charge in [0.05, 0.1) is 43.1 Å². The van der Waals surface area contributed by atoms with Gasteiger partial charge >= 0.3 is 0 Å². The fraction of sp³-hybridized carbons (Fsp3) is 0.379. The first-order valence-corrected chi connectivity index (χ1v) is 13.3. The number of nitrogens with zero attached hydrogens (tertiary/aromatic N) is 4. The topological polar surface area (TPSA) is 114 Å². The molecule has 1 aliphatic rings. The number of anilines is 1. The van der Waals surface area contributed by atoms with Gasteiger partial charge in [0.2, 0.25) is 0 Å². The fourth-order valence-electron chi connectivity index (χ4n) is 4.83. The smallest absolute Gasteiger partial charge is 0.268 e. The van der Waals surface area contributed by atoms with E-state index in [0.29, 0.717) is 42.5 Å². The lowest BCUT2D eigenvalue weighted by Crippen LogP contribution is -2.36. The molecule has 0 aromatic carbocycles. The van der Waals surface area contributed by atoms with Gasteiger partial charge in [-0.05, 0) is 55.7 Å². The summed E-state index contributed by atoms with van der Waals surface area (Å²) in [6, 6.07) is 9.68. The number of aromatic nitrogens is 4. The number of aryl methyl sites for hydroxylation is 1. The fourth-order valence-corrected chi connectivity index (χ4v) is 4.83. The van der Waals surface area contributed by atoms with Crippen LogP contribution in [0.1, 0.15) is 54.1 Å². The number of ether oxygens (including phenoxy) is 2. The molecule has 10 heteroatoms. The lowest BCUT2D eigenvalue weighted by molar-refractivity contribution is 0.0944. The first-order chi connectivity index (χ1) is 18.9. The number of morpholine rings is 1. The van der Waals surface area contributed by atoms with Gasteiger partial charge in [0, 0.05) is 30.5 Å². The van der Waals surface area contributed by atoms with Gasteiger partial charge in [0.15, 0.2) is 0 Å². The second-order valence-corrected chi connectivity index (χ2v) is 9.91. The van der Waals surface area contributed by atoms with E-state index in [0.717, 1.165) is 41.2 Å². The van der Waals surface area contributed by atoms with Gasteiger partial charge < -0.3 is 24.7 Å². The average molecular weight is 531 g/mol. The summed E-state index contributed by atoms with van der Waals surface area (Å²) in [7, 11) is 0. The third kappa shape index (κ3) is 5.51. The number of hydrogen-bond donors (Lipinski definition) is 2. The van der Waals surface area contributed by atoms with Crippen LogP contribution in [0.2, 0.25) is 0 Å². The Balaban J connectivity index is 1.48. The Morgan fingerprint density at radius 2 is 1.95 bits per heavy atom. The number of carbonyl (C=O) groups is 1. The highest BCUT2D eigenvalue weighted by Crippen LogP contribution is 2.28. The van der Waals surface area contributed by atoms with Crippen molar-refractivity contribution in [3.8, 4) is 16.9 Å². The first kappa shape index (κ1) is 26.4. The number of nitrogens with one attached hydrogen (secondary N) is 2. The number of hydrogen-bond acceptors (Lipinski definition) is 7. The standard InChI is InChI=1S/C29H34N6O4/c1-5-39-25-12-19(4)33-28(36)22(25)16-31-29(37)24-14-21(13-23-27(18(2)3)32-17-35(23)24)20-6-7-26(30-15-20)34-8-10-38-11-9-34/h6-7,12-15,17-18H,5,8-11,16H2,1-4H3,(H,31,37)(H,33,36).